The molecule has 0 spiro atoms. The van der Waals surface area contributed by atoms with Crippen LogP contribution in [0.5, 0.6) is 0 Å². The molecule has 108 valence electrons. The van der Waals surface area contributed by atoms with E-state index < -0.39 is 4.92 Å². The Hall–Kier alpha value is -2.89. The molecule has 0 aliphatic carbocycles. The summed E-state index contributed by atoms with van der Waals surface area (Å²) in [6.07, 6.45) is 0. The standard InChI is InChI=1S/C15H15N3O3/c1-10(11-2-6-13(16)7-3-11)17-15(19)12-4-8-14(9-5-12)18(20)21/h2-10H,16H2,1H3,(H,17,19). The van der Waals surface area contributed by atoms with E-state index in [4.69, 9.17) is 5.73 Å². The Morgan fingerprint density at radius 2 is 1.71 bits per heavy atom. The van der Waals surface area contributed by atoms with E-state index >= 15 is 0 Å². The lowest BCUT2D eigenvalue weighted by Gasteiger charge is -2.14. The van der Waals surface area contributed by atoms with Gasteiger partial charge in [0.1, 0.15) is 0 Å². The first kappa shape index (κ1) is 14.5. The molecule has 0 saturated heterocycles. The van der Waals surface area contributed by atoms with Crippen molar-refractivity contribution in [2.24, 2.45) is 0 Å². The van der Waals surface area contributed by atoms with Crippen molar-refractivity contribution in [3.63, 3.8) is 0 Å². The molecule has 1 atom stereocenters. The summed E-state index contributed by atoms with van der Waals surface area (Å²) in [7, 11) is 0. The van der Waals surface area contributed by atoms with Crippen molar-refractivity contribution >= 4 is 17.3 Å². The Morgan fingerprint density at radius 3 is 2.24 bits per heavy atom. The van der Waals surface area contributed by atoms with Crippen LogP contribution in [0.25, 0.3) is 0 Å². The molecular formula is C15H15N3O3. The number of benzene rings is 2. The zero-order chi connectivity index (χ0) is 15.4. The molecule has 0 aliphatic rings. The van der Waals surface area contributed by atoms with Gasteiger partial charge in [-0.25, -0.2) is 0 Å². The van der Waals surface area contributed by atoms with Crippen LogP contribution in [0, 0.1) is 10.1 Å². The second kappa shape index (κ2) is 6.04. The summed E-state index contributed by atoms with van der Waals surface area (Å²) in [5.74, 6) is -0.283. The number of nitrogens with zero attached hydrogens (tertiary/aromatic N) is 1. The lowest BCUT2D eigenvalue weighted by Crippen LogP contribution is -2.26. The number of carbonyl (C=O) groups excluding carboxylic acids is 1. The first-order valence-corrected chi connectivity index (χ1v) is 6.38. The maximum Gasteiger partial charge on any atom is 0.269 e. The second-order valence-corrected chi connectivity index (χ2v) is 4.67. The normalized spacial score (nSPS) is 11.7. The van der Waals surface area contributed by atoms with Crippen molar-refractivity contribution in [3.8, 4) is 0 Å². The van der Waals surface area contributed by atoms with Gasteiger partial charge in [-0.3, -0.25) is 14.9 Å². The van der Waals surface area contributed by atoms with E-state index in [1.165, 1.54) is 24.3 Å². The fourth-order valence-electron chi connectivity index (χ4n) is 1.88. The molecule has 0 aliphatic heterocycles. The minimum Gasteiger partial charge on any atom is -0.399 e. The van der Waals surface area contributed by atoms with Crippen molar-refractivity contribution in [1.29, 1.82) is 0 Å². The number of nitrogens with two attached hydrogens (primary N) is 1. The summed E-state index contributed by atoms with van der Waals surface area (Å²) in [4.78, 5) is 22.1. The third-order valence-electron chi connectivity index (χ3n) is 3.12. The fraction of sp³-hybridized carbons (Fsp3) is 0.133. The number of rotatable bonds is 4. The molecule has 0 heterocycles. The van der Waals surface area contributed by atoms with Crippen LogP contribution in [0.1, 0.15) is 28.9 Å². The Balaban J connectivity index is 2.06. The molecule has 6 nitrogen and oxygen atoms in total. The van der Waals surface area contributed by atoms with Crippen LogP contribution in [0.4, 0.5) is 11.4 Å². The van der Waals surface area contributed by atoms with Crippen molar-refractivity contribution in [2.75, 3.05) is 5.73 Å². The van der Waals surface area contributed by atoms with Crippen molar-refractivity contribution in [2.45, 2.75) is 13.0 Å². The summed E-state index contributed by atoms with van der Waals surface area (Å²) in [5, 5.41) is 13.4. The summed E-state index contributed by atoms with van der Waals surface area (Å²) < 4.78 is 0. The Morgan fingerprint density at radius 1 is 1.14 bits per heavy atom. The van der Waals surface area contributed by atoms with Crippen LogP contribution >= 0.6 is 0 Å². The SMILES string of the molecule is CC(NC(=O)c1ccc([N+](=O)[O-])cc1)c1ccc(N)cc1. The zero-order valence-corrected chi connectivity index (χ0v) is 11.4. The monoisotopic (exact) mass is 285 g/mol. The molecule has 0 bridgehead atoms. The van der Waals surface area contributed by atoms with Crippen LogP contribution in [-0.2, 0) is 0 Å². The first-order chi connectivity index (χ1) is 9.97. The van der Waals surface area contributed by atoms with Crippen LogP contribution in [0.2, 0.25) is 0 Å². The van der Waals surface area contributed by atoms with Crippen LogP contribution in [0.3, 0.4) is 0 Å². The van der Waals surface area contributed by atoms with Gasteiger partial charge < -0.3 is 11.1 Å². The second-order valence-electron chi connectivity index (χ2n) is 4.67. The minimum atomic E-state index is -0.501. The van der Waals surface area contributed by atoms with E-state index in [-0.39, 0.29) is 17.6 Å². The van der Waals surface area contributed by atoms with Gasteiger partial charge >= 0.3 is 0 Å². The molecule has 1 unspecified atom stereocenters. The van der Waals surface area contributed by atoms with Crippen LogP contribution in [-0.4, -0.2) is 10.8 Å². The predicted molar refractivity (Wildman–Crippen MR) is 79.8 cm³/mol. The van der Waals surface area contributed by atoms with Gasteiger partial charge in [-0.1, -0.05) is 12.1 Å². The maximum absolute atomic E-state index is 12.1. The van der Waals surface area contributed by atoms with Gasteiger partial charge in [-0.15, -0.1) is 0 Å². The zero-order valence-electron chi connectivity index (χ0n) is 11.4. The molecule has 2 rings (SSSR count). The molecule has 2 aromatic rings. The number of carbonyl (C=O) groups is 1. The molecule has 0 fully saturated rings. The lowest BCUT2D eigenvalue weighted by atomic mass is 10.1. The highest BCUT2D eigenvalue weighted by atomic mass is 16.6. The third kappa shape index (κ3) is 3.56. The predicted octanol–water partition coefficient (Wildman–Crippen LogP) is 2.67. The van der Waals surface area contributed by atoms with Crippen molar-refractivity contribution < 1.29 is 9.72 Å². The van der Waals surface area contributed by atoms with Gasteiger partial charge in [0.25, 0.3) is 11.6 Å². The molecule has 6 heteroatoms. The van der Waals surface area contributed by atoms with E-state index in [0.717, 1.165) is 5.56 Å². The summed E-state index contributed by atoms with van der Waals surface area (Å²) >= 11 is 0. The highest BCUT2D eigenvalue weighted by molar-refractivity contribution is 5.94. The Bertz CT molecular complexity index is 651. The smallest absolute Gasteiger partial charge is 0.269 e. The summed E-state index contributed by atoms with van der Waals surface area (Å²) in [6.45, 7) is 1.86. The molecule has 0 radical (unpaired) electrons. The minimum absolute atomic E-state index is 0.0434. The average molecular weight is 285 g/mol. The van der Waals surface area contributed by atoms with Gasteiger partial charge in [0.15, 0.2) is 0 Å². The topological polar surface area (TPSA) is 98.3 Å². The molecule has 0 aromatic heterocycles. The molecule has 2 aromatic carbocycles. The Labute approximate surface area is 121 Å². The number of amides is 1. The van der Waals surface area contributed by atoms with E-state index in [9.17, 15) is 14.9 Å². The summed E-state index contributed by atoms with van der Waals surface area (Å²) in [5.41, 5.74) is 7.54. The molecule has 0 saturated carbocycles. The quantitative estimate of drug-likeness (QED) is 0.512. The molecule has 3 N–H and O–H groups in total. The number of nitrogen functional groups attached to an aromatic ring is 1. The number of nitro groups is 1. The maximum atomic E-state index is 12.1. The largest absolute Gasteiger partial charge is 0.399 e. The van der Waals surface area contributed by atoms with Crippen molar-refractivity contribution in [3.05, 3.63) is 69.8 Å². The van der Waals surface area contributed by atoms with Gasteiger partial charge in [0.2, 0.25) is 0 Å². The summed E-state index contributed by atoms with van der Waals surface area (Å²) in [6, 6.07) is 12.5. The van der Waals surface area contributed by atoms with Gasteiger partial charge in [0, 0.05) is 23.4 Å². The number of anilines is 1. The average Bonchev–Trinajstić information content (AvgIpc) is 2.47. The van der Waals surface area contributed by atoms with Gasteiger partial charge in [-0.05, 0) is 36.8 Å². The molecule has 1 amide bonds. The lowest BCUT2D eigenvalue weighted by molar-refractivity contribution is -0.384. The van der Waals surface area contributed by atoms with Crippen LogP contribution < -0.4 is 11.1 Å². The van der Waals surface area contributed by atoms with E-state index in [0.29, 0.717) is 11.3 Å². The number of hydrogen-bond acceptors (Lipinski definition) is 4. The van der Waals surface area contributed by atoms with Crippen molar-refractivity contribution in [1.82, 2.24) is 5.32 Å². The third-order valence-corrected chi connectivity index (χ3v) is 3.12. The van der Waals surface area contributed by atoms with Crippen LogP contribution in [0.15, 0.2) is 48.5 Å². The molecular weight excluding hydrogens is 270 g/mol. The van der Waals surface area contributed by atoms with Gasteiger partial charge in [0.05, 0.1) is 11.0 Å². The number of hydrogen-bond donors (Lipinski definition) is 2. The van der Waals surface area contributed by atoms with E-state index in [1.54, 1.807) is 12.1 Å². The Kier molecular flexibility index (Phi) is 4.18. The van der Waals surface area contributed by atoms with E-state index in [1.807, 2.05) is 19.1 Å². The first-order valence-electron chi connectivity index (χ1n) is 6.38. The number of nitro benzene ring substituents is 1. The fourth-order valence-corrected chi connectivity index (χ4v) is 1.88. The number of non-ortho nitro benzene ring substituents is 1. The number of nitrogens with one attached hydrogen (secondary N) is 1. The highest BCUT2D eigenvalue weighted by Crippen LogP contribution is 2.16. The molecule has 21 heavy (non-hydrogen) atoms. The van der Waals surface area contributed by atoms with E-state index in [2.05, 4.69) is 5.32 Å². The van der Waals surface area contributed by atoms with Gasteiger partial charge in [-0.2, -0.15) is 0 Å². The highest BCUT2D eigenvalue weighted by Gasteiger charge is 2.13.